The van der Waals surface area contributed by atoms with Gasteiger partial charge in [-0.3, -0.25) is 0 Å². The lowest BCUT2D eigenvalue weighted by molar-refractivity contribution is 0.155. The first-order valence-corrected chi connectivity index (χ1v) is 7.36. The van der Waals surface area contributed by atoms with Crippen LogP contribution in [0.25, 0.3) is 0 Å². The molecular formula is C16H24O3. The van der Waals surface area contributed by atoms with Gasteiger partial charge in [-0.2, -0.15) is 0 Å². The highest BCUT2D eigenvalue weighted by Gasteiger charge is 2.20. The standard InChI is InChI=1S/C16H24O3/c17-11-3-1-2-4-12-19-16-10-6-7-13-14(16)8-5-9-15(13)18/h6-7,10,15,17-18H,1-5,8-9,11-12H2. The Balaban J connectivity index is 1.85. The van der Waals surface area contributed by atoms with E-state index in [4.69, 9.17) is 9.84 Å². The van der Waals surface area contributed by atoms with Gasteiger partial charge in [-0.15, -0.1) is 0 Å². The van der Waals surface area contributed by atoms with Gasteiger partial charge in [0.1, 0.15) is 5.75 Å². The number of aliphatic hydroxyl groups is 2. The molecule has 2 rings (SSSR count). The Morgan fingerprint density at radius 3 is 2.84 bits per heavy atom. The summed E-state index contributed by atoms with van der Waals surface area (Å²) in [6.07, 6.45) is 6.63. The summed E-state index contributed by atoms with van der Waals surface area (Å²) < 4.78 is 5.86. The molecule has 3 nitrogen and oxygen atoms in total. The molecule has 0 fully saturated rings. The average Bonchev–Trinajstić information content (AvgIpc) is 2.43. The minimum Gasteiger partial charge on any atom is -0.493 e. The molecule has 0 saturated carbocycles. The smallest absolute Gasteiger partial charge is 0.122 e. The SMILES string of the molecule is OCCCCCCOc1cccc2c1CCCC2O. The summed E-state index contributed by atoms with van der Waals surface area (Å²) in [7, 11) is 0. The number of hydrogen-bond acceptors (Lipinski definition) is 3. The first kappa shape index (κ1) is 14.4. The van der Waals surface area contributed by atoms with Crippen molar-refractivity contribution in [1.82, 2.24) is 0 Å². The summed E-state index contributed by atoms with van der Waals surface area (Å²) in [4.78, 5) is 0. The van der Waals surface area contributed by atoms with Crippen molar-refractivity contribution in [2.75, 3.05) is 13.2 Å². The van der Waals surface area contributed by atoms with E-state index in [2.05, 4.69) is 0 Å². The molecule has 0 aromatic heterocycles. The van der Waals surface area contributed by atoms with Gasteiger partial charge in [0.15, 0.2) is 0 Å². The molecule has 0 aliphatic heterocycles. The fraction of sp³-hybridized carbons (Fsp3) is 0.625. The van der Waals surface area contributed by atoms with Crippen LogP contribution in [0.2, 0.25) is 0 Å². The van der Waals surface area contributed by atoms with Crippen molar-refractivity contribution in [2.24, 2.45) is 0 Å². The Kier molecular flexibility index (Phi) is 5.67. The van der Waals surface area contributed by atoms with Gasteiger partial charge in [-0.25, -0.2) is 0 Å². The monoisotopic (exact) mass is 264 g/mol. The van der Waals surface area contributed by atoms with Gasteiger partial charge in [0.2, 0.25) is 0 Å². The topological polar surface area (TPSA) is 49.7 Å². The molecule has 0 saturated heterocycles. The highest BCUT2D eigenvalue weighted by molar-refractivity contribution is 5.42. The van der Waals surface area contributed by atoms with E-state index in [1.807, 2.05) is 18.2 Å². The van der Waals surface area contributed by atoms with Crippen molar-refractivity contribution in [3.8, 4) is 5.75 Å². The second-order valence-electron chi connectivity index (χ2n) is 5.22. The predicted octanol–water partition coefficient (Wildman–Crippen LogP) is 2.99. The van der Waals surface area contributed by atoms with Crippen molar-refractivity contribution in [3.05, 3.63) is 29.3 Å². The molecule has 0 bridgehead atoms. The molecule has 1 aliphatic carbocycles. The Labute approximate surface area is 115 Å². The second-order valence-corrected chi connectivity index (χ2v) is 5.22. The zero-order valence-electron chi connectivity index (χ0n) is 11.5. The molecule has 19 heavy (non-hydrogen) atoms. The van der Waals surface area contributed by atoms with Crippen molar-refractivity contribution in [2.45, 2.75) is 51.0 Å². The molecule has 3 heteroatoms. The molecule has 1 unspecified atom stereocenters. The molecule has 2 N–H and O–H groups in total. The van der Waals surface area contributed by atoms with E-state index in [0.29, 0.717) is 0 Å². The maximum atomic E-state index is 9.98. The first-order chi connectivity index (χ1) is 9.33. The average molecular weight is 264 g/mol. The molecule has 1 aliphatic rings. The van der Waals surface area contributed by atoms with Crippen LogP contribution in [0.5, 0.6) is 5.75 Å². The number of fused-ring (bicyclic) bond motifs is 1. The number of ether oxygens (including phenoxy) is 1. The largest absolute Gasteiger partial charge is 0.493 e. The second kappa shape index (κ2) is 7.51. The molecule has 1 aromatic carbocycles. The van der Waals surface area contributed by atoms with Gasteiger partial charge in [-0.05, 0) is 55.7 Å². The third-order valence-electron chi connectivity index (χ3n) is 3.74. The molecule has 106 valence electrons. The van der Waals surface area contributed by atoms with Crippen LogP contribution < -0.4 is 4.74 Å². The summed E-state index contributed by atoms with van der Waals surface area (Å²) in [6, 6.07) is 5.98. The van der Waals surface area contributed by atoms with E-state index in [1.165, 1.54) is 5.56 Å². The van der Waals surface area contributed by atoms with Crippen LogP contribution in [-0.2, 0) is 6.42 Å². The highest BCUT2D eigenvalue weighted by Crippen LogP contribution is 2.35. The van der Waals surface area contributed by atoms with Gasteiger partial charge >= 0.3 is 0 Å². The van der Waals surface area contributed by atoms with E-state index in [-0.39, 0.29) is 12.7 Å². The Bertz CT molecular complexity index is 390. The van der Waals surface area contributed by atoms with Crippen LogP contribution >= 0.6 is 0 Å². The van der Waals surface area contributed by atoms with Gasteiger partial charge in [0.25, 0.3) is 0 Å². The molecule has 1 atom stereocenters. The Morgan fingerprint density at radius 2 is 2.00 bits per heavy atom. The van der Waals surface area contributed by atoms with E-state index < -0.39 is 0 Å². The lowest BCUT2D eigenvalue weighted by atomic mass is 9.89. The normalized spacial score (nSPS) is 18.1. The third kappa shape index (κ3) is 3.95. The van der Waals surface area contributed by atoms with Crippen LogP contribution in [0.1, 0.15) is 55.8 Å². The van der Waals surface area contributed by atoms with Crippen LogP contribution in [0.4, 0.5) is 0 Å². The van der Waals surface area contributed by atoms with E-state index >= 15 is 0 Å². The molecule has 0 heterocycles. The summed E-state index contributed by atoms with van der Waals surface area (Å²) >= 11 is 0. The lowest BCUT2D eigenvalue weighted by Gasteiger charge is -2.23. The zero-order chi connectivity index (χ0) is 13.5. The summed E-state index contributed by atoms with van der Waals surface area (Å²) in [6.45, 7) is 1.00. The van der Waals surface area contributed by atoms with Crippen LogP contribution in [-0.4, -0.2) is 23.4 Å². The predicted molar refractivity (Wildman–Crippen MR) is 75.4 cm³/mol. The molecule has 0 radical (unpaired) electrons. The fourth-order valence-corrected chi connectivity index (χ4v) is 2.67. The maximum Gasteiger partial charge on any atom is 0.122 e. The molecular weight excluding hydrogens is 240 g/mol. The van der Waals surface area contributed by atoms with E-state index in [9.17, 15) is 5.11 Å². The lowest BCUT2D eigenvalue weighted by Crippen LogP contribution is -2.11. The number of unbranched alkanes of at least 4 members (excludes halogenated alkanes) is 3. The van der Waals surface area contributed by atoms with Gasteiger partial charge in [-0.1, -0.05) is 18.6 Å². The highest BCUT2D eigenvalue weighted by atomic mass is 16.5. The van der Waals surface area contributed by atoms with Crippen LogP contribution in [0, 0.1) is 0 Å². The minimum atomic E-state index is -0.322. The first-order valence-electron chi connectivity index (χ1n) is 7.36. The summed E-state index contributed by atoms with van der Waals surface area (Å²) in [5.74, 6) is 0.943. The van der Waals surface area contributed by atoms with Gasteiger partial charge in [0.05, 0.1) is 12.7 Å². The van der Waals surface area contributed by atoms with E-state index in [0.717, 1.165) is 62.9 Å². The molecule has 1 aromatic rings. The number of hydrogen-bond donors (Lipinski definition) is 2. The summed E-state index contributed by atoms with van der Waals surface area (Å²) in [5, 5.41) is 18.7. The summed E-state index contributed by atoms with van der Waals surface area (Å²) in [5.41, 5.74) is 2.24. The fourth-order valence-electron chi connectivity index (χ4n) is 2.67. The third-order valence-corrected chi connectivity index (χ3v) is 3.74. The van der Waals surface area contributed by atoms with Crippen molar-refractivity contribution >= 4 is 0 Å². The number of benzene rings is 1. The Morgan fingerprint density at radius 1 is 1.16 bits per heavy atom. The zero-order valence-corrected chi connectivity index (χ0v) is 11.5. The van der Waals surface area contributed by atoms with Crippen molar-refractivity contribution in [1.29, 1.82) is 0 Å². The maximum absolute atomic E-state index is 9.98. The quantitative estimate of drug-likeness (QED) is 0.744. The van der Waals surface area contributed by atoms with Gasteiger partial charge in [0, 0.05) is 6.61 Å². The van der Waals surface area contributed by atoms with Crippen LogP contribution in [0.15, 0.2) is 18.2 Å². The van der Waals surface area contributed by atoms with Crippen molar-refractivity contribution in [3.63, 3.8) is 0 Å². The van der Waals surface area contributed by atoms with E-state index in [1.54, 1.807) is 0 Å². The van der Waals surface area contributed by atoms with Crippen LogP contribution in [0.3, 0.4) is 0 Å². The molecule has 0 amide bonds. The minimum absolute atomic E-state index is 0.283. The molecule has 0 spiro atoms. The Hall–Kier alpha value is -1.06. The van der Waals surface area contributed by atoms with Gasteiger partial charge < -0.3 is 14.9 Å². The number of aliphatic hydroxyl groups excluding tert-OH is 2. The number of rotatable bonds is 7. The van der Waals surface area contributed by atoms with Crippen molar-refractivity contribution < 1.29 is 14.9 Å².